The van der Waals surface area contributed by atoms with Crippen molar-refractivity contribution < 1.29 is 4.74 Å². The molecule has 4 heteroatoms. The Balaban J connectivity index is 2.22. The number of pyridine rings is 1. The van der Waals surface area contributed by atoms with E-state index in [0.717, 1.165) is 34.0 Å². The molecule has 0 spiro atoms. The molecule has 0 N–H and O–H groups in total. The second-order valence-corrected chi connectivity index (χ2v) is 8.03. The molecule has 27 heavy (non-hydrogen) atoms. The quantitative estimate of drug-likeness (QED) is 0.601. The van der Waals surface area contributed by atoms with Crippen molar-refractivity contribution in [3.05, 3.63) is 59.7 Å². The molecule has 0 aliphatic carbocycles. The fraction of sp³-hybridized carbons (Fsp3) is 0.391. The first-order valence-corrected chi connectivity index (χ1v) is 9.41. The van der Waals surface area contributed by atoms with E-state index in [1.807, 2.05) is 24.8 Å². The number of hydrogen-bond acceptors (Lipinski definition) is 3. The number of aryl methyl sites for hydroxylation is 2. The summed E-state index contributed by atoms with van der Waals surface area (Å²) in [6.07, 6.45) is 7.73. The van der Waals surface area contributed by atoms with Gasteiger partial charge in [0.1, 0.15) is 11.6 Å². The summed E-state index contributed by atoms with van der Waals surface area (Å²) < 4.78 is 7.60. The minimum absolute atomic E-state index is 0.00955. The van der Waals surface area contributed by atoms with Gasteiger partial charge in [0.2, 0.25) is 0 Å². The number of ether oxygens (including phenoxy) is 1. The largest absolute Gasteiger partial charge is 0.497 e. The van der Waals surface area contributed by atoms with Crippen molar-refractivity contribution in [3.8, 4) is 22.8 Å². The van der Waals surface area contributed by atoms with Crippen LogP contribution in [0.4, 0.5) is 0 Å². The summed E-state index contributed by atoms with van der Waals surface area (Å²) in [5, 5.41) is 0. The second kappa shape index (κ2) is 7.18. The van der Waals surface area contributed by atoms with Crippen molar-refractivity contribution in [3.63, 3.8) is 0 Å². The van der Waals surface area contributed by atoms with Crippen LogP contribution in [0.1, 0.15) is 44.4 Å². The first-order valence-electron chi connectivity index (χ1n) is 9.41. The molecule has 1 aromatic carbocycles. The summed E-state index contributed by atoms with van der Waals surface area (Å²) in [5.74, 6) is 2.30. The van der Waals surface area contributed by atoms with Gasteiger partial charge in [-0.2, -0.15) is 0 Å². The van der Waals surface area contributed by atoms with Crippen LogP contribution in [-0.2, 0) is 5.41 Å². The monoisotopic (exact) mass is 363 g/mol. The summed E-state index contributed by atoms with van der Waals surface area (Å²) in [7, 11) is 1.70. The van der Waals surface area contributed by atoms with Crippen molar-refractivity contribution in [2.24, 2.45) is 5.92 Å². The number of hydrogen-bond donors (Lipinski definition) is 0. The number of rotatable bonds is 5. The minimum Gasteiger partial charge on any atom is -0.497 e. The normalized spacial score (nSPS) is 11.9. The first-order chi connectivity index (χ1) is 12.8. The predicted molar refractivity (Wildman–Crippen MR) is 111 cm³/mol. The van der Waals surface area contributed by atoms with Crippen LogP contribution < -0.4 is 4.74 Å². The van der Waals surface area contributed by atoms with Gasteiger partial charge in [-0.05, 0) is 60.1 Å². The maximum Gasteiger partial charge on any atom is 0.144 e. The van der Waals surface area contributed by atoms with Crippen LogP contribution in [0, 0.1) is 19.8 Å². The summed E-state index contributed by atoms with van der Waals surface area (Å²) in [5.41, 5.74) is 5.80. The minimum atomic E-state index is -0.00955. The van der Waals surface area contributed by atoms with E-state index in [9.17, 15) is 0 Å². The van der Waals surface area contributed by atoms with Gasteiger partial charge in [-0.3, -0.25) is 9.55 Å². The lowest BCUT2D eigenvalue weighted by atomic mass is 9.74. The van der Waals surface area contributed by atoms with Crippen molar-refractivity contribution in [1.29, 1.82) is 0 Å². The molecule has 0 saturated heterocycles. The van der Waals surface area contributed by atoms with Crippen molar-refractivity contribution >= 4 is 0 Å². The predicted octanol–water partition coefficient (Wildman–Crippen LogP) is 5.49. The number of aromatic nitrogens is 3. The smallest absolute Gasteiger partial charge is 0.144 e. The van der Waals surface area contributed by atoms with Crippen molar-refractivity contribution in [1.82, 2.24) is 14.5 Å². The van der Waals surface area contributed by atoms with E-state index in [1.54, 1.807) is 7.11 Å². The molecule has 0 amide bonds. The zero-order valence-electron chi connectivity index (χ0n) is 17.4. The fourth-order valence-electron chi connectivity index (χ4n) is 3.51. The number of methoxy groups -OCH3 is 1. The maximum atomic E-state index is 5.42. The molecule has 3 aromatic rings. The maximum absolute atomic E-state index is 5.42. The molecule has 2 heterocycles. The third-order valence-corrected chi connectivity index (χ3v) is 5.78. The molecule has 0 aliphatic heterocycles. The van der Waals surface area contributed by atoms with E-state index in [2.05, 4.69) is 69.3 Å². The molecule has 0 aliphatic rings. The summed E-state index contributed by atoms with van der Waals surface area (Å²) in [6, 6.07) is 6.21. The Bertz CT molecular complexity index is 931. The van der Waals surface area contributed by atoms with Gasteiger partial charge in [-0.15, -0.1) is 0 Å². The Morgan fingerprint density at radius 2 is 1.74 bits per heavy atom. The van der Waals surface area contributed by atoms with Gasteiger partial charge < -0.3 is 4.74 Å². The molecule has 4 nitrogen and oxygen atoms in total. The van der Waals surface area contributed by atoms with Gasteiger partial charge in [0.15, 0.2) is 0 Å². The van der Waals surface area contributed by atoms with E-state index in [1.165, 1.54) is 5.56 Å². The lowest BCUT2D eigenvalue weighted by Crippen LogP contribution is -2.25. The highest BCUT2D eigenvalue weighted by Gasteiger charge is 2.29. The molecular formula is C23H29N3O. The molecular weight excluding hydrogens is 334 g/mol. The van der Waals surface area contributed by atoms with Crippen LogP contribution in [0.3, 0.4) is 0 Å². The molecule has 0 unspecified atom stereocenters. The fourth-order valence-corrected chi connectivity index (χ4v) is 3.51. The molecule has 2 aromatic heterocycles. The Kier molecular flexibility index (Phi) is 5.09. The zero-order chi connectivity index (χ0) is 19.8. The highest BCUT2D eigenvalue weighted by molar-refractivity contribution is 5.66. The SMILES string of the molecule is COc1cc(C)c(-n2ccnc2-c2ccncc2C(C)(C)C(C)C)c(C)c1. The Hall–Kier alpha value is -2.62. The molecule has 0 atom stereocenters. The standard InChI is InChI=1S/C23H29N3O/c1-15(2)23(5,6)20-14-24-9-8-19(20)22-25-10-11-26(22)21-16(3)12-18(27-7)13-17(21)4/h8-15H,1-7H3. The Morgan fingerprint density at radius 1 is 1.07 bits per heavy atom. The van der Waals surface area contributed by atoms with Crippen LogP contribution >= 0.6 is 0 Å². The third kappa shape index (κ3) is 3.36. The van der Waals surface area contributed by atoms with Gasteiger partial charge in [-0.25, -0.2) is 4.98 Å². The first kappa shape index (κ1) is 19.2. The molecule has 0 radical (unpaired) electrons. The third-order valence-electron chi connectivity index (χ3n) is 5.78. The van der Waals surface area contributed by atoms with Crippen molar-refractivity contribution in [2.45, 2.75) is 47.0 Å². The lowest BCUT2D eigenvalue weighted by molar-refractivity contribution is 0.372. The average molecular weight is 364 g/mol. The molecule has 0 bridgehead atoms. The molecule has 0 fully saturated rings. The lowest BCUT2D eigenvalue weighted by Gasteiger charge is -2.31. The van der Waals surface area contributed by atoms with E-state index in [-0.39, 0.29) is 5.41 Å². The van der Waals surface area contributed by atoms with E-state index >= 15 is 0 Å². The van der Waals surface area contributed by atoms with Gasteiger partial charge in [0.05, 0.1) is 12.8 Å². The average Bonchev–Trinajstić information content (AvgIpc) is 3.10. The van der Waals surface area contributed by atoms with Gasteiger partial charge >= 0.3 is 0 Å². The van der Waals surface area contributed by atoms with E-state index < -0.39 is 0 Å². The van der Waals surface area contributed by atoms with Crippen LogP contribution in [0.5, 0.6) is 5.75 Å². The highest BCUT2D eigenvalue weighted by atomic mass is 16.5. The van der Waals surface area contributed by atoms with Gasteiger partial charge in [0, 0.05) is 30.4 Å². The van der Waals surface area contributed by atoms with Crippen LogP contribution in [0.15, 0.2) is 43.0 Å². The van der Waals surface area contributed by atoms with Crippen LogP contribution in [-0.4, -0.2) is 21.6 Å². The molecule has 3 rings (SSSR count). The zero-order valence-corrected chi connectivity index (χ0v) is 17.4. The molecule has 142 valence electrons. The number of imidazole rings is 1. The summed E-state index contributed by atoms with van der Waals surface area (Å²) in [6.45, 7) is 13.3. The molecule has 0 saturated carbocycles. The second-order valence-electron chi connectivity index (χ2n) is 8.03. The highest BCUT2D eigenvalue weighted by Crippen LogP contribution is 2.38. The summed E-state index contributed by atoms with van der Waals surface area (Å²) >= 11 is 0. The van der Waals surface area contributed by atoms with Gasteiger partial charge in [0.25, 0.3) is 0 Å². The van der Waals surface area contributed by atoms with Crippen LogP contribution in [0.2, 0.25) is 0 Å². The summed E-state index contributed by atoms with van der Waals surface area (Å²) in [4.78, 5) is 9.14. The topological polar surface area (TPSA) is 39.9 Å². The Labute approximate surface area is 162 Å². The van der Waals surface area contributed by atoms with Crippen LogP contribution in [0.25, 0.3) is 17.1 Å². The number of nitrogens with zero attached hydrogens (tertiary/aromatic N) is 3. The Morgan fingerprint density at radius 3 is 2.33 bits per heavy atom. The van der Waals surface area contributed by atoms with E-state index in [0.29, 0.717) is 5.92 Å². The number of benzene rings is 1. The van der Waals surface area contributed by atoms with Crippen molar-refractivity contribution in [2.75, 3.05) is 7.11 Å². The van der Waals surface area contributed by atoms with Gasteiger partial charge in [-0.1, -0.05) is 27.7 Å². The van der Waals surface area contributed by atoms with E-state index in [4.69, 9.17) is 9.72 Å².